The lowest BCUT2D eigenvalue weighted by Crippen LogP contribution is -2.57. The van der Waals surface area contributed by atoms with E-state index in [0.29, 0.717) is 5.92 Å². The summed E-state index contributed by atoms with van der Waals surface area (Å²) in [5.41, 5.74) is 1.10. The topological polar surface area (TPSA) is 46.6 Å². The molecule has 0 saturated heterocycles. The first-order valence-corrected chi connectivity index (χ1v) is 9.53. The Morgan fingerprint density at radius 2 is 1.78 bits per heavy atom. The van der Waals surface area contributed by atoms with Crippen molar-refractivity contribution < 1.29 is 8.76 Å². The number of anilines is 1. The van der Waals surface area contributed by atoms with Gasteiger partial charge in [0.05, 0.1) is 0 Å². The molecule has 1 fully saturated rings. The van der Waals surface area contributed by atoms with E-state index in [-0.39, 0.29) is 6.17 Å². The van der Waals surface area contributed by atoms with Crippen LogP contribution in [0.25, 0.3) is 0 Å². The molecule has 4 nitrogen and oxygen atoms in total. The van der Waals surface area contributed by atoms with Crippen LogP contribution in [0.1, 0.15) is 46.0 Å². The summed E-state index contributed by atoms with van der Waals surface area (Å²) in [5.74, 6) is 0.313. The third-order valence-corrected chi connectivity index (χ3v) is 6.26. The first-order chi connectivity index (χ1) is 11.1. The van der Waals surface area contributed by atoms with Crippen LogP contribution in [0.4, 0.5) is 5.69 Å². The van der Waals surface area contributed by atoms with Crippen molar-refractivity contribution in [2.24, 2.45) is 5.92 Å². The summed E-state index contributed by atoms with van der Waals surface area (Å²) in [6.45, 7) is 4.32. The van der Waals surface area contributed by atoms with Crippen molar-refractivity contribution in [1.29, 1.82) is 0 Å². The van der Waals surface area contributed by atoms with Crippen LogP contribution in [0.3, 0.4) is 0 Å². The molecule has 2 aliphatic rings. The standard InChI is InChI=1S/C18H26N2O2S/c1-15(2)17-19(16-9-5-3-6-10-16)13-14-20(17)18(23(21)22)11-7-4-8-12-18/h3,5-6,9-10,13-15,17H,4,7-8,11-12H2,1-2H3,(H,21,22)/p-1. The number of hydrogen-bond donors (Lipinski definition) is 0. The van der Waals surface area contributed by atoms with Gasteiger partial charge in [0, 0.05) is 18.1 Å². The fourth-order valence-corrected chi connectivity index (χ4v) is 4.89. The van der Waals surface area contributed by atoms with Gasteiger partial charge in [0.1, 0.15) is 11.0 Å². The molecule has 0 bridgehead atoms. The molecule has 1 aliphatic heterocycles. The lowest BCUT2D eigenvalue weighted by molar-refractivity contribution is 0.112. The quantitative estimate of drug-likeness (QED) is 0.786. The van der Waals surface area contributed by atoms with Gasteiger partial charge < -0.3 is 14.4 Å². The first kappa shape index (κ1) is 16.5. The van der Waals surface area contributed by atoms with Gasteiger partial charge in [-0.15, -0.1) is 0 Å². The molecule has 1 heterocycles. The van der Waals surface area contributed by atoms with Gasteiger partial charge in [-0.25, -0.2) is 0 Å². The van der Waals surface area contributed by atoms with Gasteiger partial charge in [-0.2, -0.15) is 0 Å². The smallest absolute Gasteiger partial charge is 0.109 e. The molecule has 0 N–H and O–H groups in total. The Kier molecular flexibility index (Phi) is 4.78. The van der Waals surface area contributed by atoms with Gasteiger partial charge in [0.25, 0.3) is 0 Å². The van der Waals surface area contributed by atoms with Crippen LogP contribution in [0.15, 0.2) is 42.7 Å². The van der Waals surface area contributed by atoms with Crippen molar-refractivity contribution in [3.63, 3.8) is 0 Å². The molecular weight excluding hydrogens is 308 g/mol. The Morgan fingerprint density at radius 3 is 2.35 bits per heavy atom. The monoisotopic (exact) mass is 333 g/mol. The lowest BCUT2D eigenvalue weighted by Gasteiger charge is -2.51. The van der Waals surface area contributed by atoms with E-state index in [9.17, 15) is 8.76 Å². The summed E-state index contributed by atoms with van der Waals surface area (Å²) in [4.78, 5) is 3.55. The lowest BCUT2D eigenvalue weighted by atomic mass is 9.92. The molecule has 3 rings (SSSR count). The second kappa shape index (κ2) is 6.65. The highest BCUT2D eigenvalue weighted by atomic mass is 32.2. The molecule has 2 unspecified atom stereocenters. The number of hydrogen-bond acceptors (Lipinski definition) is 4. The van der Waals surface area contributed by atoms with E-state index in [4.69, 9.17) is 0 Å². The van der Waals surface area contributed by atoms with Crippen molar-refractivity contribution in [2.75, 3.05) is 4.90 Å². The number of rotatable bonds is 4. The Balaban J connectivity index is 1.96. The second-order valence-electron chi connectivity index (χ2n) is 6.85. The fraction of sp³-hybridized carbons (Fsp3) is 0.556. The van der Waals surface area contributed by atoms with Crippen LogP contribution in [0, 0.1) is 5.92 Å². The van der Waals surface area contributed by atoms with E-state index >= 15 is 0 Å². The van der Waals surface area contributed by atoms with E-state index in [1.807, 2.05) is 30.6 Å². The van der Waals surface area contributed by atoms with Gasteiger partial charge in [-0.3, -0.25) is 4.21 Å². The minimum atomic E-state index is -2.11. The maximum atomic E-state index is 12.2. The highest BCUT2D eigenvalue weighted by Gasteiger charge is 2.45. The molecule has 0 radical (unpaired) electrons. The minimum absolute atomic E-state index is 0.0356. The van der Waals surface area contributed by atoms with Crippen molar-refractivity contribution in [3.8, 4) is 0 Å². The maximum Gasteiger partial charge on any atom is 0.109 e. The average Bonchev–Trinajstić information content (AvgIpc) is 3.02. The third-order valence-electron chi connectivity index (χ3n) is 5.02. The van der Waals surface area contributed by atoms with E-state index in [1.54, 1.807) is 0 Å². The molecule has 1 aliphatic carbocycles. The summed E-state index contributed by atoms with van der Waals surface area (Å²) >= 11 is -2.11. The molecule has 0 aromatic heterocycles. The van der Waals surface area contributed by atoms with Crippen molar-refractivity contribution in [2.45, 2.75) is 57.0 Å². The Labute approximate surface area is 141 Å². The van der Waals surface area contributed by atoms with Crippen molar-refractivity contribution in [3.05, 3.63) is 42.7 Å². The third kappa shape index (κ3) is 2.92. The second-order valence-corrected chi connectivity index (χ2v) is 8.08. The Hall–Kier alpha value is -1.33. The molecular formula is C18H25N2O2S-. The summed E-state index contributed by atoms with van der Waals surface area (Å²) in [6.07, 6.45) is 8.59. The molecule has 1 aromatic carbocycles. The van der Waals surface area contributed by atoms with Crippen LogP contribution >= 0.6 is 0 Å². The van der Waals surface area contributed by atoms with Gasteiger partial charge in [0.15, 0.2) is 0 Å². The van der Waals surface area contributed by atoms with Gasteiger partial charge in [-0.1, -0.05) is 51.3 Å². The van der Waals surface area contributed by atoms with E-state index in [1.165, 1.54) is 0 Å². The van der Waals surface area contributed by atoms with Gasteiger partial charge >= 0.3 is 0 Å². The van der Waals surface area contributed by atoms with Crippen LogP contribution in [0.2, 0.25) is 0 Å². The zero-order valence-corrected chi connectivity index (χ0v) is 14.7. The summed E-state index contributed by atoms with van der Waals surface area (Å²) in [5, 5.41) is 0. The molecule has 0 amide bonds. The van der Waals surface area contributed by atoms with E-state index in [2.05, 4.69) is 35.8 Å². The summed E-state index contributed by atoms with van der Waals surface area (Å²) in [6, 6.07) is 10.2. The molecule has 2 atom stereocenters. The van der Waals surface area contributed by atoms with Crippen LogP contribution < -0.4 is 4.90 Å². The summed E-state index contributed by atoms with van der Waals surface area (Å²) < 4.78 is 24.4. The zero-order chi connectivity index (χ0) is 16.4. The fourth-order valence-electron chi connectivity index (χ4n) is 3.93. The van der Waals surface area contributed by atoms with Crippen LogP contribution in [0.5, 0.6) is 0 Å². The van der Waals surface area contributed by atoms with Gasteiger partial charge in [-0.05, 0) is 42.0 Å². The first-order valence-electron chi connectivity index (χ1n) is 8.46. The molecule has 0 spiro atoms. The normalized spacial score (nSPS) is 25.1. The highest BCUT2D eigenvalue weighted by molar-refractivity contribution is 7.80. The van der Waals surface area contributed by atoms with Gasteiger partial charge in [0.2, 0.25) is 0 Å². The van der Waals surface area contributed by atoms with E-state index in [0.717, 1.165) is 37.8 Å². The molecule has 23 heavy (non-hydrogen) atoms. The molecule has 5 heteroatoms. The molecule has 1 saturated carbocycles. The molecule has 1 aromatic rings. The predicted octanol–water partition coefficient (Wildman–Crippen LogP) is 3.80. The van der Waals surface area contributed by atoms with Crippen LogP contribution in [-0.2, 0) is 11.1 Å². The largest absolute Gasteiger partial charge is 0.771 e. The average molecular weight is 333 g/mol. The summed E-state index contributed by atoms with van der Waals surface area (Å²) in [7, 11) is 0. The Bertz CT molecular complexity index is 582. The maximum absolute atomic E-state index is 12.2. The number of benzene rings is 1. The number of nitrogens with zero attached hydrogens (tertiary/aromatic N) is 2. The highest BCUT2D eigenvalue weighted by Crippen LogP contribution is 2.42. The van der Waals surface area contributed by atoms with Crippen LogP contribution in [-0.4, -0.2) is 24.7 Å². The number of para-hydroxylation sites is 1. The zero-order valence-electron chi connectivity index (χ0n) is 13.9. The van der Waals surface area contributed by atoms with Crippen molar-refractivity contribution in [1.82, 2.24) is 4.90 Å². The molecule has 126 valence electrons. The van der Waals surface area contributed by atoms with E-state index < -0.39 is 16.0 Å². The SMILES string of the molecule is CC(C)C1N(c2ccccc2)C=CN1C1(S(=O)[O-])CCCCC1. The predicted molar refractivity (Wildman–Crippen MR) is 93.3 cm³/mol. The van der Waals surface area contributed by atoms with Crippen molar-refractivity contribution >= 4 is 16.8 Å². The Morgan fingerprint density at radius 1 is 1.13 bits per heavy atom. The minimum Gasteiger partial charge on any atom is -0.771 e.